The van der Waals surface area contributed by atoms with E-state index < -0.39 is 23.8 Å². The van der Waals surface area contributed by atoms with E-state index in [1.165, 1.54) is 0 Å². The van der Waals surface area contributed by atoms with Gasteiger partial charge in [-0.2, -0.15) is 0 Å². The smallest absolute Gasteiger partial charge is 0.407 e. The molecule has 0 aromatic heterocycles. The molecule has 1 aromatic rings. The molecule has 35 heavy (non-hydrogen) atoms. The van der Waals surface area contributed by atoms with Crippen molar-refractivity contribution >= 4 is 23.9 Å². The molecule has 1 rings (SSSR count). The number of nitrogens with one attached hydrogen (secondary N) is 1. The zero-order valence-corrected chi connectivity index (χ0v) is 22.1. The molecular weight excluding hydrogens is 454 g/mol. The number of ether oxygens (including phenoxy) is 4. The summed E-state index contributed by atoms with van der Waals surface area (Å²) in [5, 5.41) is 2.85. The minimum Gasteiger partial charge on any atom is -0.450 e. The van der Waals surface area contributed by atoms with Crippen molar-refractivity contribution in [2.45, 2.75) is 66.5 Å². The number of rotatable bonds is 10. The maximum absolute atomic E-state index is 11.5. The molecule has 0 saturated carbocycles. The second kappa shape index (κ2) is 19.1. The van der Waals surface area contributed by atoms with E-state index in [4.69, 9.17) is 19.9 Å². The lowest BCUT2D eigenvalue weighted by atomic mass is 9.92. The number of carbonyl (C=O) groups excluding carboxylic acids is 3. The number of alkyl carbamates (subject to hydrolysis) is 1. The lowest BCUT2D eigenvalue weighted by molar-refractivity contribution is 0.0262. The van der Waals surface area contributed by atoms with Crippen LogP contribution in [0.5, 0.6) is 0 Å². The fraction of sp³-hybridized carbons (Fsp3) is 0.560. The molecule has 0 aliphatic heterocycles. The van der Waals surface area contributed by atoms with Gasteiger partial charge in [-0.25, -0.2) is 14.4 Å². The lowest BCUT2D eigenvalue weighted by Crippen LogP contribution is -2.41. The summed E-state index contributed by atoms with van der Waals surface area (Å²) in [4.78, 5) is 31.4. The number of hydrogen-bond donors (Lipinski definition) is 3. The van der Waals surface area contributed by atoms with Crippen LogP contribution in [0.1, 0.15) is 66.0 Å². The van der Waals surface area contributed by atoms with E-state index in [0.29, 0.717) is 26.4 Å². The van der Waals surface area contributed by atoms with Gasteiger partial charge in [0.15, 0.2) is 0 Å². The minimum absolute atomic E-state index is 0.201. The first-order valence-corrected chi connectivity index (χ1v) is 11.5. The topological polar surface area (TPSA) is 152 Å². The molecule has 5 N–H and O–H groups in total. The molecule has 1 aromatic carbocycles. The molecule has 200 valence electrons. The first-order chi connectivity index (χ1) is 16.3. The van der Waals surface area contributed by atoms with Crippen molar-refractivity contribution in [1.82, 2.24) is 5.32 Å². The molecule has 0 aliphatic carbocycles. The fourth-order valence-corrected chi connectivity index (χ4v) is 2.46. The van der Waals surface area contributed by atoms with Gasteiger partial charge >= 0.3 is 18.3 Å². The molecule has 3 amide bonds. The number of nitrogens with two attached hydrogens (primary N) is 2. The zero-order chi connectivity index (χ0) is 27.4. The van der Waals surface area contributed by atoms with Gasteiger partial charge in [0.05, 0.1) is 25.4 Å². The second-order valence-corrected chi connectivity index (χ2v) is 7.71. The van der Waals surface area contributed by atoms with Crippen LogP contribution in [-0.4, -0.2) is 50.8 Å². The van der Waals surface area contributed by atoms with Crippen LogP contribution < -0.4 is 16.8 Å². The van der Waals surface area contributed by atoms with Gasteiger partial charge in [-0.3, -0.25) is 0 Å². The van der Waals surface area contributed by atoms with Gasteiger partial charge in [-0.1, -0.05) is 37.3 Å². The van der Waals surface area contributed by atoms with Crippen LogP contribution in [0.3, 0.4) is 0 Å². The number of carbonyl (C=O) groups is 3. The van der Waals surface area contributed by atoms with Crippen molar-refractivity contribution in [3.8, 4) is 0 Å². The van der Waals surface area contributed by atoms with Crippen LogP contribution >= 0.6 is 0 Å². The SMILES string of the molecule is C=C(C)c1cccc(C(C)(C)NC(=O)OCC)c1.CCOC(N)=O.CCOCC(CC)OC(N)=O. The maximum Gasteiger partial charge on any atom is 0.407 e. The van der Waals surface area contributed by atoms with E-state index in [1.807, 2.05) is 58.9 Å². The summed E-state index contributed by atoms with van der Waals surface area (Å²) < 4.78 is 18.9. The minimum atomic E-state index is -0.739. The van der Waals surface area contributed by atoms with Gasteiger partial charge in [0.25, 0.3) is 0 Å². The summed E-state index contributed by atoms with van der Waals surface area (Å²) in [5.41, 5.74) is 12.0. The van der Waals surface area contributed by atoms with Crippen molar-refractivity contribution in [2.24, 2.45) is 11.5 Å². The summed E-state index contributed by atoms with van der Waals surface area (Å²) in [6, 6.07) is 7.99. The van der Waals surface area contributed by atoms with Gasteiger partial charge < -0.3 is 35.7 Å². The highest BCUT2D eigenvalue weighted by Crippen LogP contribution is 2.23. The molecule has 0 aliphatic rings. The highest BCUT2D eigenvalue weighted by molar-refractivity contribution is 5.69. The predicted octanol–water partition coefficient (Wildman–Crippen LogP) is 4.70. The van der Waals surface area contributed by atoms with E-state index in [0.717, 1.165) is 23.1 Å². The second-order valence-electron chi connectivity index (χ2n) is 7.71. The van der Waals surface area contributed by atoms with Gasteiger partial charge in [0.2, 0.25) is 0 Å². The average Bonchev–Trinajstić information content (AvgIpc) is 2.77. The Morgan fingerprint density at radius 1 is 1.00 bits per heavy atom. The molecule has 0 saturated heterocycles. The molecule has 0 heterocycles. The third-order valence-electron chi connectivity index (χ3n) is 4.30. The van der Waals surface area contributed by atoms with Crippen LogP contribution in [-0.2, 0) is 24.5 Å². The van der Waals surface area contributed by atoms with E-state index in [2.05, 4.69) is 22.4 Å². The van der Waals surface area contributed by atoms with E-state index in [-0.39, 0.29) is 6.10 Å². The molecule has 0 radical (unpaired) electrons. The Bertz CT molecular complexity index is 782. The molecule has 1 atom stereocenters. The van der Waals surface area contributed by atoms with Crippen molar-refractivity contribution in [2.75, 3.05) is 26.4 Å². The summed E-state index contributed by atoms with van der Waals surface area (Å²) >= 11 is 0. The lowest BCUT2D eigenvalue weighted by Gasteiger charge is -2.26. The van der Waals surface area contributed by atoms with Gasteiger partial charge in [0, 0.05) is 6.61 Å². The van der Waals surface area contributed by atoms with E-state index >= 15 is 0 Å². The molecule has 0 fully saturated rings. The molecule has 0 bridgehead atoms. The molecule has 1 unspecified atom stereocenters. The average molecular weight is 498 g/mol. The Balaban J connectivity index is 0. The van der Waals surface area contributed by atoms with Crippen LogP contribution in [0.15, 0.2) is 30.8 Å². The maximum atomic E-state index is 11.5. The predicted molar refractivity (Wildman–Crippen MR) is 137 cm³/mol. The quantitative estimate of drug-likeness (QED) is 0.396. The summed E-state index contributed by atoms with van der Waals surface area (Å²) in [5.74, 6) is 0. The highest BCUT2D eigenvalue weighted by atomic mass is 16.6. The van der Waals surface area contributed by atoms with Crippen LogP contribution in [0, 0.1) is 0 Å². The summed E-state index contributed by atoms with van der Waals surface area (Å²) in [6.07, 6.45) is -1.33. The molecule has 10 heteroatoms. The first kappa shape index (κ1) is 33.9. The molecule has 10 nitrogen and oxygen atoms in total. The summed E-state index contributed by atoms with van der Waals surface area (Å²) in [7, 11) is 0. The molecule has 0 spiro atoms. The first-order valence-electron chi connectivity index (χ1n) is 11.5. The van der Waals surface area contributed by atoms with E-state index in [9.17, 15) is 14.4 Å². The van der Waals surface area contributed by atoms with Crippen molar-refractivity contribution in [3.63, 3.8) is 0 Å². The molecular formula is C25H43N3O7. The van der Waals surface area contributed by atoms with Gasteiger partial charge in [-0.15, -0.1) is 0 Å². The van der Waals surface area contributed by atoms with Crippen LogP contribution in [0.2, 0.25) is 0 Å². The Morgan fingerprint density at radius 3 is 2.00 bits per heavy atom. The van der Waals surface area contributed by atoms with Crippen molar-refractivity contribution < 1.29 is 33.3 Å². The Hall–Kier alpha value is -3.27. The van der Waals surface area contributed by atoms with Crippen molar-refractivity contribution in [3.05, 3.63) is 42.0 Å². The standard InChI is InChI=1S/C15H21NO2.C7H15NO3.C3H7NO2/c1-6-18-14(17)16-15(4,5)13-9-7-8-12(10-13)11(2)3;1-3-6(5-10-4-2)11-7(8)9;1-2-6-3(4)5/h7-10H,2,6H2,1,3-5H3,(H,16,17);6H,3-5H2,1-2H3,(H2,8,9);2H2,1H3,(H2,4,5). The number of primary amides is 2. The monoisotopic (exact) mass is 497 g/mol. The summed E-state index contributed by atoms with van der Waals surface area (Å²) in [6.45, 7) is 18.8. The van der Waals surface area contributed by atoms with Crippen LogP contribution in [0.4, 0.5) is 14.4 Å². The number of amides is 3. The third-order valence-corrected chi connectivity index (χ3v) is 4.30. The Labute approximate surface area is 209 Å². The Morgan fingerprint density at radius 2 is 1.60 bits per heavy atom. The largest absolute Gasteiger partial charge is 0.450 e. The van der Waals surface area contributed by atoms with Crippen molar-refractivity contribution in [1.29, 1.82) is 0 Å². The van der Waals surface area contributed by atoms with Gasteiger partial charge in [0.1, 0.15) is 6.10 Å². The van der Waals surface area contributed by atoms with Crippen LogP contribution in [0.25, 0.3) is 5.57 Å². The number of allylic oxidation sites excluding steroid dienone is 1. The third kappa shape index (κ3) is 17.8. The normalized spacial score (nSPS) is 10.8. The van der Waals surface area contributed by atoms with E-state index in [1.54, 1.807) is 13.8 Å². The number of hydrogen-bond acceptors (Lipinski definition) is 7. The number of benzene rings is 1. The Kier molecular flexibility index (Phi) is 18.5. The fourth-order valence-electron chi connectivity index (χ4n) is 2.46. The highest BCUT2D eigenvalue weighted by Gasteiger charge is 2.23. The zero-order valence-electron chi connectivity index (χ0n) is 22.1. The van der Waals surface area contributed by atoms with Gasteiger partial charge in [-0.05, 0) is 65.2 Å².